The van der Waals surface area contributed by atoms with Gasteiger partial charge < -0.3 is 19.3 Å². The van der Waals surface area contributed by atoms with Gasteiger partial charge in [-0.25, -0.2) is 0 Å². The van der Waals surface area contributed by atoms with Crippen molar-refractivity contribution in [3.8, 4) is 5.75 Å². The molecule has 4 rings (SSSR count). The maximum atomic E-state index is 13.5. The lowest BCUT2D eigenvalue weighted by Gasteiger charge is -2.29. The number of morpholine rings is 1. The van der Waals surface area contributed by atoms with Crippen LogP contribution in [0.3, 0.4) is 0 Å². The van der Waals surface area contributed by atoms with Crippen LogP contribution in [0.5, 0.6) is 5.75 Å². The van der Waals surface area contributed by atoms with E-state index in [1.807, 2.05) is 31.2 Å². The Balaban J connectivity index is 1.59. The first-order valence-electron chi connectivity index (χ1n) is 11.5. The van der Waals surface area contributed by atoms with Crippen molar-refractivity contribution in [2.45, 2.75) is 19.4 Å². The van der Waals surface area contributed by atoms with Crippen LogP contribution in [0.1, 0.15) is 33.9 Å². The molecule has 2 unspecified atom stereocenters. The highest BCUT2D eigenvalue weighted by Gasteiger charge is 2.51. The number of ketones is 2. The molecule has 7 heteroatoms. The van der Waals surface area contributed by atoms with Crippen molar-refractivity contribution in [3.63, 3.8) is 0 Å². The van der Waals surface area contributed by atoms with Crippen LogP contribution in [-0.2, 0) is 14.3 Å². The third-order valence-electron chi connectivity index (χ3n) is 6.61. The van der Waals surface area contributed by atoms with Crippen molar-refractivity contribution in [2.24, 2.45) is 5.92 Å². The molecule has 2 fully saturated rings. The van der Waals surface area contributed by atoms with E-state index in [9.17, 15) is 14.4 Å². The van der Waals surface area contributed by atoms with Gasteiger partial charge in [-0.3, -0.25) is 14.4 Å². The van der Waals surface area contributed by atoms with Crippen LogP contribution >= 0.6 is 0 Å². The molecule has 7 nitrogen and oxygen atoms in total. The Kier molecular flexibility index (Phi) is 7.20. The molecular weight excluding hydrogens is 420 g/mol. The number of Topliss-reactive ketones (excluding diaryl/α,β-unsaturated/α-hetero) is 2. The Hall–Kier alpha value is -3.03. The number of quaternary nitrogens is 1. The fourth-order valence-corrected chi connectivity index (χ4v) is 4.71. The van der Waals surface area contributed by atoms with Crippen LogP contribution in [0.15, 0.2) is 48.5 Å². The number of rotatable bonds is 8. The zero-order valence-electron chi connectivity index (χ0n) is 19.2. The number of carbonyl (C=O) groups excluding carboxylic acids is 3. The summed E-state index contributed by atoms with van der Waals surface area (Å²) in [6.45, 7) is 6.73. The lowest BCUT2D eigenvalue weighted by Crippen LogP contribution is -3.14. The number of likely N-dealkylation sites (tertiary alicyclic amines) is 1. The summed E-state index contributed by atoms with van der Waals surface area (Å²) in [5.41, 5.74) is 2.29. The first kappa shape index (κ1) is 23.1. The molecule has 1 N–H and O–H groups in total. The largest absolute Gasteiger partial charge is 0.497 e. The Bertz CT molecular complexity index is 996. The minimum absolute atomic E-state index is 0.331. The number of ether oxygens (including phenoxy) is 2. The van der Waals surface area contributed by atoms with Crippen molar-refractivity contribution in [2.75, 3.05) is 46.5 Å². The molecule has 0 spiro atoms. The highest BCUT2D eigenvalue weighted by Crippen LogP contribution is 2.38. The second-order valence-electron chi connectivity index (χ2n) is 8.75. The lowest BCUT2D eigenvalue weighted by molar-refractivity contribution is -0.908. The standard InChI is InChI=1S/C26H30N2O5/c1-18-4-6-19(7-5-18)23-22(24(29)20-8-10-21(32-2)11-9-20)25(30)26(31)28(23)13-3-12-27-14-16-33-17-15-27/h4-11,22-23H,3,12-17H2,1-2H3/p+1. The van der Waals surface area contributed by atoms with Gasteiger partial charge in [0.25, 0.3) is 5.91 Å². The van der Waals surface area contributed by atoms with Crippen LogP contribution in [0.25, 0.3) is 0 Å². The molecule has 2 aliphatic rings. The average molecular weight is 452 g/mol. The number of nitrogens with one attached hydrogen (secondary N) is 1. The summed E-state index contributed by atoms with van der Waals surface area (Å²) in [7, 11) is 1.56. The number of hydrogen-bond donors (Lipinski definition) is 1. The maximum Gasteiger partial charge on any atom is 0.291 e. The highest BCUT2D eigenvalue weighted by molar-refractivity contribution is 6.44. The molecule has 2 aromatic rings. The van der Waals surface area contributed by atoms with Gasteiger partial charge in [-0.1, -0.05) is 29.8 Å². The normalized spacial score (nSPS) is 21.5. The molecule has 0 radical (unpaired) electrons. The first-order valence-corrected chi connectivity index (χ1v) is 11.5. The fraction of sp³-hybridized carbons (Fsp3) is 0.423. The van der Waals surface area contributed by atoms with Gasteiger partial charge in [-0.05, 0) is 36.8 Å². The first-order chi connectivity index (χ1) is 16.0. The van der Waals surface area contributed by atoms with Crippen LogP contribution < -0.4 is 9.64 Å². The van der Waals surface area contributed by atoms with Crippen LogP contribution in [0.4, 0.5) is 0 Å². The molecule has 2 saturated heterocycles. The van der Waals surface area contributed by atoms with E-state index in [4.69, 9.17) is 9.47 Å². The quantitative estimate of drug-likeness (QED) is 0.372. The van der Waals surface area contributed by atoms with E-state index in [2.05, 4.69) is 0 Å². The Labute approximate surface area is 194 Å². The molecule has 174 valence electrons. The Morgan fingerprint density at radius 2 is 1.73 bits per heavy atom. The summed E-state index contributed by atoms with van der Waals surface area (Å²) in [6, 6.07) is 13.8. The molecule has 2 aromatic carbocycles. The predicted octanol–water partition coefficient (Wildman–Crippen LogP) is 1.26. The predicted molar refractivity (Wildman–Crippen MR) is 122 cm³/mol. The Morgan fingerprint density at radius 1 is 1.06 bits per heavy atom. The molecule has 2 aliphatic heterocycles. The highest BCUT2D eigenvalue weighted by atomic mass is 16.5. The second-order valence-corrected chi connectivity index (χ2v) is 8.75. The van der Waals surface area contributed by atoms with E-state index < -0.39 is 23.7 Å². The van der Waals surface area contributed by atoms with Gasteiger partial charge in [0, 0.05) is 18.5 Å². The van der Waals surface area contributed by atoms with Gasteiger partial charge in [-0.2, -0.15) is 0 Å². The van der Waals surface area contributed by atoms with Crippen molar-refractivity contribution in [1.29, 1.82) is 0 Å². The van der Waals surface area contributed by atoms with Gasteiger partial charge in [0.05, 0.1) is 32.9 Å². The summed E-state index contributed by atoms with van der Waals surface area (Å²) in [5, 5.41) is 0. The van der Waals surface area contributed by atoms with Crippen molar-refractivity contribution >= 4 is 17.5 Å². The number of benzene rings is 2. The van der Waals surface area contributed by atoms with E-state index in [-0.39, 0.29) is 5.78 Å². The van der Waals surface area contributed by atoms with E-state index in [1.54, 1.807) is 36.3 Å². The topological polar surface area (TPSA) is 77.4 Å². The van der Waals surface area contributed by atoms with Crippen LogP contribution in [0, 0.1) is 12.8 Å². The molecule has 2 atom stereocenters. The number of carbonyl (C=O) groups is 3. The summed E-state index contributed by atoms with van der Waals surface area (Å²) >= 11 is 0. The van der Waals surface area contributed by atoms with Gasteiger partial charge in [0.15, 0.2) is 5.78 Å². The molecule has 0 aliphatic carbocycles. The van der Waals surface area contributed by atoms with Gasteiger partial charge in [0.1, 0.15) is 24.8 Å². The van der Waals surface area contributed by atoms with Crippen LogP contribution in [-0.4, -0.2) is 68.9 Å². The van der Waals surface area contributed by atoms with E-state index in [1.165, 1.54) is 4.90 Å². The molecular formula is C26H31N2O5+. The van der Waals surface area contributed by atoms with Gasteiger partial charge >= 0.3 is 0 Å². The fourth-order valence-electron chi connectivity index (χ4n) is 4.71. The Morgan fingerprint density at radius 3 is 2.36 bits per heavy atom. The lowest BCUT2D eigenvalue weighted by atomic mass is 9.86. The summed E-state index contributed by atoms with van der Waals surface area (Å²) < 4.78 is 10.6. The molecule has 0 bridgehead atoms. The molecule has 2 heterocycles. The summed E-state index contributed by atoms with van der Waals surface area (Å²) in [6.07, 6.45) is 0.764. The minimum atomic E-state index is -1.05. The number of methoxy groups -OCH3 is 1. The third-order valence-corrected chi connectivity index (χ3v) is 6.61. The zero-order chi connectivity index (χ0) is 23.4. The summed E-state index contributed by atoms with van der Waals surface area (Å²) in [4.78, 5) is 42.7. The molecule has 0 saturated carbocycles. The van der Waals surface area contributed by atoms with Gasteiger partial charge in [0.2, 0.25) is 5.78 Å². The van der Waals surface area contributed by atoms with E-state index >= 15 is 0 Å². The van der Waals surface area contributed by atoms with E-state index in [0.717, 1.165) is 50.4 Å². The number of hydrogen-bond acceptors (Lipinski definition) is 5. The monoisotopic (exact) mass is 451 g/mol. The second kappa shape index (κ2) is 10.3. The number of nitrogens with zero attached hydrogens (tertiary/aromatic N) is 1. The van der Waals surface area contributed by atoms with Gasteiger partial charge in [-0.15, -0.1) is 0 Å². The van der Waals surface area contributed by atoms with Crippen molar-refractivity contribution in [3.05, 3.63) is 65.2 Å². The minimum Gasteiger partial charge on any atom is -0.497 e. The molecule has 33 heavy (non-hydrogen) atoms. The number of aryl methyl sites for hydroxylation is 1. The zero-order valence-corrected chi connectivity index (χ0v) is 19.2. The SMILES string of the molecule is COc1ccc(C(=O)C2C(=O)C(=O)N(CCC[NH+]3CCOCC3)C2c2ccc(C)cc2)cc1. The number of amides is 1. The van der Waals surface area contributed by atoms with Crippen LogP contribution in [0.2, 0.25) is 0 Å². The molecule has 0 aromatic heterocycles. The van der Waals surface area contributed by atoms with E-state index in [0.29, 0.717) is 17.9 Å². The third kappa shape index (κ3) is 4.99. The van der Waals surface area contributed by atoms with Crippen molar-refractivity contribution in [1.82, 2.24) is 4.90 Å². The summed E-state index contributed by atoms with van der Waals surface area (Å²) in [5.74, 6) is -1.94. The average Bonchev–Trinajstić information content (AvgIpc) is 3.10. The smallest absolute Gasteiger partial charge is 0.291 e. The maximum absolute atomic E-state index is 13.5. The van der Waals surface area contributed by atoms with Crippen molar-refractivity contribution < 1.29 is 28.8 Å². The molecule has 1 amide bonds.